The van der Waals surface area contributed by atoms with E-state index in [0.717, 1.165) is 25.2 Å². The molecule has 2 aliphatic rings. The van der Waals surface area contributed by atoms with E-state index in [1.807, 2.05) is 0 Å². The van der Waals surface area contributed by atoms with Crippen LogP contribution in [-0.4, -0.2) is 50.3 Å². The summed E-state index contributed by atoms with van der Waals surface area (Å²) in [6.45, 7) is 8.72. The Labute approximate surface area is 112 Å². The summed E-state index contributed by atoms with van der Waals surface area (Å²) < 4.78 is 5.43. The van der Waals surface area contributed by atoms with Crippen LogP contribution >= 0.6 is 0 Å². The van der Waals surface area contributed by atoms with E-state index in [1.165, 1.54) is 64.7 Å². The van der Waals surface area contributed by atoms with Crippen LogP contribution < -0.4 is 5.32 Å². The number of nitrogens with zero attached hydrogens (tertiary/aromatic N) is 1. The first-order valence-corrected chi connectivity index (χ1v) is 7.93. The van der Waals surface area contributed by atoms with Gasteiger partial charge < -0.3 is 15.0 Å². The highest BCUT2D eigenvalue weighted by molar-refractivity contribution is 4.85. The Morgan fingerprint density at radius 3 is 2.83 bits per heavy atom. The number of nitrogens with one attached hydrogen (secondary N) is 1. The van der Waals surface area contributed by atoms with Gasteiger partial charge in [0.25, 0.3) is 0 Å². The third-order valence-electron chi connectivity index (χ3n) is 4.48. The molecule has 0 amide bonds. The van der Waals surface area contributed by atoms with E-state index in [9.17, 15) is 0 Å². The molecule has 1 unspecified atom stereocenters. The first-order valence-electron chi connectivity index (χ1n) is 7.93. The van der Waals surface area contributed by atoms with Crippen LogP contribution in [0.25, 0.3) is 0 Å². The van der Waals surface area contributed by atoms with Crippen LogP contribution in [0.1, 0.15) is 45.4 Å². The molecular weight excluding hydrogens is 224 g/mol. The SMILES string of the molecule is CCOCCCN1CCNC(C2CCCCC2)C1. The van der Waals surface area contributed by atoms with Gasteiger partial charge in [0.15, 0.2) is 0 Å². The van der Waals surface area contributed by atoms with Gasteiger partial charge in [-0.3, -0.25) is 0 Å². The number of ether oxygens (including phenoxy) is 1. The lowest BCUT2D eigenvalue weighted by Crippen LogP contribution is -2.54. The predicted molar refractivity (Wildman–Crippen MR) is 75.9 cm³/mol. The average molecular weight is 254 g/mol. The molecule has 1 heterocycles. The van der Waals surface area contributed by atoms with E-state index in [0.29, 0.717) is 0 Å². The van der Waals surface area contributed by atoms with Crippen LogP contribution in [0.15, 0.2) is 0 Å². The average Bonchev–Trinajstić information content (AvgIpc) is 2.45. The third kappa shape index (κ3) is 4.52. The largest absolute Gasteiger partial charge is 0.382 e. The Bertz CT molecular complexity index is 217. The van der Waals surface area contributed by atoms with Crippen molar-refractivity contribution in [2.24, 2.45) is 5.92 Å². The lowest BCUT2D eigenvalue weighted by Gasteiger charge is -2.39. The Morgan fingerprint density at radius 2 is 2.06 bits per heavy atom. The van der Waals surface area contributed by atoms with Crippen molar-refractivity contribution in [2.45, 2.75) is 51.5 Å². The third-order valence-corrected chi connectivity index (χ3v) is 4.48. The normalized spacial score (nSPS) is 27.5. The summed E-state index contributed by atoms with van der Waals surface area (Å²) in [7, 11) is 0. The highest BCUT2D eigenvalue weighted by atomic mass is 16.5. The van der Waals surface area contributed by atoms with Gasteiger partial charge >= 0.3 is 0 Å². The van der Waals surface area contributed by atoms with E-state index in [1.54, 1.807) is 0 Å². The Morgan fingerprint density at radius 1 is 1.22 bits per heavy atom. The second-order valence-electron chi connectivity index (χ2n) is 5.81. The zero-order valence-electron chi connectivity index (χ0n) is 12.0. The fraction of sp³-hybridized carbons (Fsp3) is 1.00. The molecule has 0 aromatic carbocycles. The van der Waals surface area contributed by atoms with Crippen molar-refractivity contribution in [3.05, 3.63) is 0 Å². The fourth-order valence-corrected chi connectivity index (χ4v) is 3.43. The molecule has 18 heavy (non-hydrogen) atoms. The van der Waals surface area contributed by atoms with E-state index in [4.69, 9.17) is 4.74 Å². The van der Waals surface area contributed by atoms with Crippen molar-refractivity contribution in [2.75, 3.05) is 39.4 Å². The molecule has 0 radical (unpaired) electrons. The lowest BCUT2D eigenvalue weighted by atomic mass is 9.83. The molecule has 2 rings (SSSR count). The lowest BCUT2D eigenvalue weighted by molar-refractivity contribution is 0.111. The van der Waals surface area contributed by atoms with Crippen molar-refractivity contribution in [1.82, 2.24) is 10.2 Å². The van der Waals surface area contributed by atoms with Crippen molar-refractivity contribution in [3.63, 3.8) is 0 Å². The summed E-state index contributed by atoms with van der Waals surface area (Å²) in [5.41, 5.74) is 0. The summed E-state index contributed by atoms with van der Waals surface area (Å²) in [5, 5.41) is 3.75. The molecule has 1 saturated carbocycles. The van der Waals surface area contributed by atoms with Gasteiger partial charge in [-0.1, -0.05) is 19.3 Å². The van der Waals surface area contributed by atoms with Crippen molar-refractivity contribution in [3.8, 4) is 0 Å². The maximum absolute atomic E-state index is 5.43. The summed E-state index contributed by atoms with van der Waals surface area (Å²) >= 11 is 0. The van der Waals surface area contributed by atoms with Crippen molar-refractivity contribution < 1.29 is 4.74 Å². The molecule has 1 aliphatic heterocycles. The minimum atomic E-state index is 0.756. The molecule has 0 aromatic rings. The predicted octanol–water partition coefficient (Wildman–Crippen LogP) is 2.27. The first-order chi connectivity index (χ1) is 8.90. The molecular formula is C15H30N2O. The standard InChI is InChI=1S/C15H30N2O/c1-2-18-12-6-10-17-11-9-16-15(13-17)14-7-4-3-5-8-14/h14-16H,2-13H2,1H3. The summed E-state index contributed by atoms with van der Waals surface area (Å²) in [4.78, 5) is 2.63. The molecule has 1 N–H and O–H groups in total. The summed E-state index contributed by atoms with van der Waals surface area (Å²) in [5.74, 6) is 0.938. The summed E-state index contributed by atoms with van der Waals surface area (Å²) in [6.07, 6.45) is 8.45. The van der Waals surface area contributed by atoms with Gasteiger partial charge in [0.1, 0.15) is 0 Å². The van der Waals surface area contributed by atoms with Crippen LogP contribution in [0.3, 0.4) is 0 Å². The van der Waals surface area contributed by atoms with E-state index >= 15 is 0 Å². The topological polar surface area (TPSA) is 24.5 Å². The van der Waals surface area contributed by atoms with Gasteiger partial charge in [-0.15, -0.1) is 0 Å². The van der Waals surface area contributed by atoms with E-state index < -0.39 is 0 Å². The zero-order chi connectivity index (χ0) is 12.6. The minimum Gasteiger partial charge on any atom is -0.382 e. The van der Waals surface area contributed by atoms with E-state index in [-0.39, 0.29) is 0 Å². The molecule has 1 atom stereocenters. The highest BCUT2D eigenvalue weighted by Gasteiger charge is 2.27. The molecule has 0 spiro atoms. The first kappa shape index (κ1) is 14.3. The minimum absolute atomic E-state index is 0.756. The van der Waals surface area contributed by atoms with Crippen LogP contribution in [0, 0.1) is 5.92 Å². The molecule has 2 fully saturated rings. The Hall–Kier alpha value is -0.120. The molecule has 1 aliphatic carbocycles. The highest BCUT2D eigenvalue weighted by Crippen LogP contribution is 2.27. The second kappa shape index (κ2) is 8.13. The quantitative estimate of drug-likeness (QED) is 0.736. The van der Waals surface area contributed by atoms with E-state index in [2.05, 4.69) is 17.1 Å². The van der Waals surface area contributed by atoms with Gasteiger partial charge in [-0.2, -0.15) is 0 Å². The summed E-state index contributed by atoms with van der Waals surface area (Å²) in [6, 6.07) is 0.756. The van der Waals surface area contributed by atoms with Crippen LogP contribution in [0.2, 0.25) is 0 Å². The monoisotopic (exact) mass is 254 g/mol. The zero-order valence-corrected chi connectivity index (χ0v) is 12.0. The Kier molecular flexibility index (Phi) is 6.46. The molecule has 0 bridgehead atoms. The molecule has 0 aromatic heterocycles. The Balaban J connectivity index is 1.67. The van der Waals surface area contributed by atoms with Gasteiger partial charge in [0.05, 0.1) is 0 Å². The van der Waals surface area contributed by atoms with Gasteiger partial charge in [0.2, 0.25) is 0 Å². The molecule has 1 saturated heterocycles. The van der Waals surface area contributed by atoms with Crippen LogP contribution in [0.4, 0.5) is 0 Å². The van der Waals surface area contributed by atoms with Crippen LogP contribution in [-0.2, 0) is 4.74 Å². The number of hydrogen-bond acceptors (Lipinski definition) is 3. The second-order valence-corrected chi connectivity index (χ2v) is 5.81. The number of rotatable bonds is 6. The van der Waals surface area contributed by atoms with Gasteiger partial charge in [-0.05, 0) is 32.1 Å². The fourth-order valence-electron chi connectivity index (χ4n) is 3.43. The number of piperazine rings is 1. The maximum atomic E-state index is 5.43. The maximum Gasteiger partial charge on any atom is 0.0478 e. The van der Waals surface area contributed by atoms with Gasteiger partial charge in [-0.25, -0.2) is 0 Å². The van der Waals surface area contributed by atoms with Crippen molar-refractivity contribution >= 4 is 0 Å². The van der Waals surface area contributed by atoms with Gasteiger partial charge in [0, 0.05) is 45.4 Å². The van der Waals surface area contributed by atoms with Crippen LogP contribution in [0.5, 0.6) is 0 Å². The smallest absolute Gasteiger partial charge is 0.0478 e. The molecule has 106 valence electrons. The molecule has 3 heteroatoms. The van der Waals surface area contributed by atoms with Crippen molar-refractivity contribution in [1.29, 1.82) is 0 Å². The number of hydrogen-bond donors (Lipinski definition) is 1. The molecule has 3 nitrogen and oxygen atoms in total.